The minimum Gasteiger partial charge on any atom is -0.453 e. The molecule has 2 saturated carbocycles. The number of nitrogens with one attached hydrogen (secondary N) is 1. The van der Waals surface area contributed by atoms with Crippen molar-refractivity contribution < 1.29 is 19.4 Å². The van der Waals surface area contributed by atoms with Gasteiger partial charge in [-0.05, 0) is 43.9 Å². The molecule has 4 fully saturated rings. The van der Waals surface area contributed by atoms with Crippen molar-refractivity contribution in [2.75, 3.05) is 5.88 Å². The third-order valence-corrected chi connectivity index (χ3v) is 6.82. The monoisotopic (exact) mass is 327 g/mol. The van der Waals surface area contributed by atoms with Gasteiger partial charge in [0.1, 0.15) is 0 Å². The number of amides is 1. The van der Waals surface area contributed by atoms with Crippen molar-refractivity contribution in [3.8, 4) is 0 Å². The van der Waals surface area contributed by atoms with E-state index in [2.05, 4.69) is 5.32 Å². The molecule has 6 heteroatoms. The molecule has 122 valence electrons. The number of halogens is 1. The zero-order chi connectivity index (χ0) is 15.7. The molecular weight excluding hydrogens is 306 g/mol. The van der Waals surface area contributed by atoms with E-state index >= 15 is 0 Å². The second kappa shape index (κ2) is 4.60. The number of aliphatic hydroxyl groups excluding tert-OH is 1. The van der Waals surface area contributed by atoms with E-state index in [1.54, 1.807) is 6.92 Å². The van der Waals surface area contributed by atoms with E-state index in [-0.39, 0.29) is 11.8 Å². The Morgan fingerprint density at radius 1 is 1.45 bits per heavy atom. The fraction of sp³-hybridized carbons (Fsp3) is 0.875. The Labute approximate surface area is 134 Å². The maximum Gasteiger partial charge on any atom is 0.339 e. The van der Waals surface area contributed by atoms with Gasteiger partial charge in [0, 0.05) is 5.88 Å². The molecule has 0 aromatic rings. The second-order valence-corrected chi connectivity index (χ2v) is 7.90. The van der Waals surface area contributed by atoms with Crippen LogP contribution in [0.3, 0.4) is 0 Å². The molecule has 2 aliphatic heterocycles. The highest BCUT2D eigenvalue weighted by molar-refractivity contribution is 6.18. The zero-order valence-electron chi connectivity index (χ0n) is 12.7. The summed E-state index contributed by atoms with van der Waals surface area (Å²) in [6, 6.07) is 0. The predicted molar refractivity (Wildman–Crippen MR) is 79.1 cm³/mol. The lowest BCUT2D eigenvalue weighted by molar-refractivity contribution is -0.240. The first-order valence-electron chi connectivity index (χ1n) is 8.25. The predicted octanol–water partition coefficient (Wildman–Crippen LogP) is 1.21. The Hall–Kier alpha value is -0.810. The number of carbonyl (C=O) groups is 2. The number of hydrogen-bond donors (Lipinski definition) is 2. The van der Waals surface area contributed by atoms with Crippen LogP contribution in [0.15, 0.2) is 0 Å². The summed E-state index contributed by atoms with van der Waals surface area (Å²) in [6.07, 6.45) is 3.96. The van der Waals surface area contributed by atoms with Crippen LogP contribution >= 0.6 is 11.6 Å². The molecule has 0 aromatic heterocycles. The number of hydrogen-bond acceptors (Lipinski definition) is 4. The van der Waals surface area contributed by atoms with Gasteiger partial charge in [0.05, 0.1) is 12.0 Å². The quantitative estimate of drug-likeness (QED) is 0.601. The molecule has 4 rings (SSSR count). The van der Waals surface area contributed by atoms with Crippen molar-refractivity contribution >= 4 is 23.5 Å². The highest BCUT2D eigenvalue weighted by atomic mass is 35.5. The summed E-state index contributed by atoms with van der Waals surface area (Å²) in [6.45, 7) is 1.76. The number of carbonyl (C=O) groups excluding carboxylic acids is 2. The molecule has 4 aliphatic rings. The van der Waals surface area contributed by atoms with Crippen LogP contribution in [0.25, 0.3) is 0 Å². The third kappa shape index (κ3) is 1.59. The molecule has 2 saturated heterocycles. The summed E-state index contributed by atoms with van der Waals surface area (Å²) in [4.78, 5) is 24.7. The first-order chi connectivity index (χ1) is 10.5. The molecule has 0 spiro atoms. The SMILES string of the molecule is CC12OC(=O)C1([C@@H](O)[C@H]1CCC[C@@H]3C[C@@H]31)NC(=O)[C@@H]2CCCl. The number of fused-ring (bicyclic) bond motifs is 2. The largest absolute Gasteiger partial charge is 0.453 e. The Morgan fingerprint density at radius 3 is 2.91 bits per heavy atom. The summed E-state index contributed by atoms with van der Waals surface area (Å²) in [5.74, 6) is 0.414. The first-order valence-corrected chi connectivity index (χ1v) is 8.78. The zero-order valence-corrected chi connectivity index (χ0v) is 13.4. The summed E-state index contributed by atoms with van der Waals surface area (Å²) in [7, 11) is 0. The Kier molecular flexibility index (Phi) is 3.09. The molecule has 1 amide bonds. The van der Waals surface area contributed by atoms with Gasteiger partial charge in [-0.1, -0.05) is 12.8 Å². The maximum atomic E-state index is 12.3. The van der Waals surface area contributed by atoms with E-state index in [1.807, 2.05) is 0 Å². The topological polar surface area (TPSA) is 75.6 Å². The molecule has 0 bridgehead atoms. The average Bonchev–Trinajstić information content (AvgIpc) is 3.25. The number of aliphatic hydroxyl groups is 1. The van der Waals surface area contributed by atoms with E-state index in [9.17, 15) is 14.7 Å². The molecule has 2 aliphatic carbocycles. The lowest BCUT2D eigenvalue weighted by atomic mass is 9.63. The molecule has 2 unspecified atom stereocenters. The third-order valence-electron chi connectivity index (χ3n) is 6.60. The van der Waals surface area contributed by atoms with Gasteiger partial charge in [0.2, 0.25) is 11.4 Å². The molecular formula is C16H22ClNO4. The molecule has 22 heavy (non-hydrogen) atoms. The minimum absolute atomic E-state index is 0.0842. The average molecular weight is 328 g/mol. The van der Waals surface area contributed by atoms with Gasteiger partial charge in [-0.3, -0.25) is 4.79 Å². The van der Waals surface area contributed by atoms with E-state index in [4.69, 9.17) is 16.3 Å². The highest BCUT2D eigenvalue weighted by Crippen LogP contribution is 2.59. The van der Waals surface area contributed by atoms with Crippen LogP contribution < -0.4 is 5.32 Å². The van der Waals surface area contributed by atoms with Gasteiger partial charge in [-0.25, -0.2) is 4.79 Å². The highest BCUT2D eigenvalue weighted by Gasteiger charge is 2.80. The van der Waals surface area contributed by atoms with E-state index in [0.29, 0.717) is 24.1 Å². The Balaban J connectivity index is 1.66. The van der Waals surface area contributed by atoms with Gasteiger partial charge in [0.15, 0.2) is 5.60 Å². The van der Waals surface area contributed by atoms with Crippen LogP contribution in [-0.2, 0) is 14.3 Å². The molecule has 2 heterocycles. The minimum atomic E-state index is -1.27. The van der Waals surface area contributed by atoms with E-state index in [0.717, 1.165) is 19.3 Å². The van der Waals surface area contributed by atoms with Crippen molar-refractivity contribution in [1.29, 1.82) is 0 Å². The normalized spacial score (nSPS) is 50.3. The molecule has 7 atom stereocenters. The van der Waals surface area contributed by atoms with Gasteiger partial charge >= 0.3 is 5.97 Å². The summed E-state index contributed by atoms with van der Waals surface area (Å²) in [5.41, 5.74) is -2.24. The van der Waals surface area contributed by atoms with Crippen LogP contribution in [0, 0.1) is 23.7 Å². The summed E-state index contributed by atoms with van der Waals surface area (Å²) < 4.78 is 5.41. The number of alkyl halides is 1. The van der Waals surface area contributed by atoms with Crippen LogP contribution in [-0.4, -0.2) is 40.1 Å². The Bertz CT molecular complexity index is 540. The van der Waals surface area contributed by atoms with Gasteiger partial charge in [-0.15, -0.1) is 11.6 Å². The van der Waals surface area contributed by atoms with Crippen LogP contribution in [0.2, 0.25) is 0 Å². The fourth-order valence-corrected chi connectivity index (χ4v) is 5.45. The molecule has 0 radical (unpaired) electrons. The molecule has 2 N–H and O–H groups in total. The fourth-order valence-electron chi connectivity index (χ4n) is 5.24. The van der Waals surface area contributed by atoms with Crippen molar-refractivity contribution in [2.24, 2.45) is 23.7 Å². The lowest BCUT2D eigenvalue weighted by Crippen LogP contribution is -2.80. The first kappa shape index (κ1) is 14.8. The maximum absolute atomic E-state index is 12.3. The smallest absolute Gasteiger partial charge is 0.339 e. The van der Waals surface area contributed by atoms with Crippen molar-refractivity contribution in [3.63, 3.8) is 0 Å². The van der Waals surface area contributed by atoms with E-state index in [1.165, 1.54) is 6.42 Å². The second-order valence-electron chi connectivity index (χ2n) is 7.52. The van der Waals surface area contributed by atoms with Crippen LogP contribution in [0.1, 0.15) is 39.0 Å². The molecule has 5 nitrogen and oxygen atoms in total. The van der Waals surface area contributed by atoms with Gasteiger partial charge in [-0.2, -0.15) is 0 Å². The van der Waals surface area contributed by atoms with Crippen LogP contribution in [0.5, 0.6) is 0 Å². The summed E-state index contributed by atoms with van der Waals surface area (Å²) in [5, 5.41) is 13.8. The number of rotatable bonds is 4. The van der Waals surface area contributed by atoms with E-state index < -0.39 is 29.1 Å². The standard InChI is InChI=1S/C16H22ClNO4/c1-15-11(5-6-17)13(20)18-16(15,14(21)22-15)12(19)9-4-2-3-8-7-10(8)9/h8-12,19H,2-7H2,1H3,(H,18,20)/t8-,9+,10+,11+,12+,15?,16?/m1/s1. The van der Waals surface area contributed by atoms with Crippen molar-refractivity contribution in [2.45, 2.75) is 56.3 Å². The van der Waals surface area contributed by atoms with Gasteiger partial charge < -0.3 is 15.2 Å². The van der Waals surface area contributed by atoms with Crippen LogP contribution in [0.4, 0.5) is 0 Å². The van der Waals surface area contributed by atoms with Gasteiger partial charge in [0.25, 0.3) is 0 Å². The lowest BCUT2D eigenvalue weighted by Gasteiger charge is -2.55. The Morgan fingerprint density at radius 2 is 2.23 bits per heavy atom. The van der Waals surface area contributed by atoms with Crippen molar-refractivity contribution in [3.05, 3.63) is 0 Å². The van der Waals surface area contributed by atoms with Crippen molar-refractivity contribution in [1.82, 2.24) is 5.32 Å². The summed E-state index contributed by atoms with van der Waals surface area (Å²) >= 11 is 5.80. The molecule has 0 aromatic carbocycles. The number of ether oxygens (including phenoxy) is 1. The number of esters is 1.